The number of ketones is 3. The number of cyclic esters (lactones) is 1. The van der Waals surface area contributed by atoms with Gasteiger partial charge in [0.1, 0.15) is 17.9 Å². The fourth-order valence-electron chi connectivity index (χ4n) is 10.4. The molecule has 0 radical (unpaired) electrons. The van der Waals surface area contributed by atoms with E-state index in [-0.39, 0.29) is 54.8 Å². The zero-order valence-corrected chi connectivity index (χ0v) is 42.5. The molecule has 15 atom stereocenters. The lowest BCUT2D eigenvalue weighted by Crippen LogP contribution is -2.61. The molecule has 68 heavy (non-hydrogen) atoms. The molecule has 0 aromatic rings. The molecule has 2 bridgehead atoms. The normalized spacial score (nSPS) is 37.8. The first-order chi connectivity index (χ1) is 32.1. The van der Waals surface area contributed by atoms with E-state index in [1.165, 1.54) is 18.9 Å². The van der Waals surface area contributed by atoms with Crippen molar-refractivity contribution in [2.24, 2.45) is 35.5 Å². The molecule has 15 nitrogen and oxygen atoms in total. The number of hydrogen-bond acceptors (Lipinski definition) is 14. The van der Waals surface area contributed by atoms with Crippen molar-refractivity contribution in [2.75, 3.05) is 27.9 Å². The van der Waals surface area contributed by atoms with Gasteiger partial charge in [-0.05, 0) is 107 Å². The van der Waals surface area contributed by atoms with Crippen LogP contribution in [0.3, 0.4) is 0 Å². The smallest absolute Gasteiger partial charge is 0.329 e. The maximum atomic E-state index is 14.4. The Balaban J connectivity index is 1.75. The minimum atomic E-state index is -2.44. The Morgan fingerprint density at radius 1 is 0.868 bits per heavy atom. The maximum Gasteiger partial charge on any atom is 0.329 e. The van der Waals surface area contributed by atoms with Gasteiger partial charge < -0.3 is 43.5 Å². The van der Waals surface area contributed by atoms with Crippen LogP contribution in [-0.4, -0.2) is 133 Å². The first kappa shape index (κ1) is 56.7. The average molecular weight is 956 g/mol. The van der Waals surface area contributed by atoms with Crippen molar-refractivity contribution in [2.45, 2.75) is 187 Å². The van der Waals surface area contributed by atoms with Gasteiger partial charge >= 0.3 is 11.9 Å². The van der Waals surface area contributed by atoms with Gasteiger partial charge in [0.15, 0.2) is 18.0 Å². The minimum absolute atomic E-state index is 0.0131. The molecule has 382 valence electrons. The number of aliphatic hydroxyl groups excluding tert-OH is 1. The van der Waals surface area contributed by atoms with Crippen molar-refractivity contribution < 1.29 is 67.4 Å². The average Bonchev–Trinajstić information content (AvgIpc) is 3.30. The molecule has 4 aliphatic rings. The number of aliphatic hydroxyl groups is 2. The van der Waals surface area contributed by atoms with Gasteiger partial charge in [-0.2, -0.15) is 0 Å². The molecule has 2 saturated heterocycles. The minimum Gasteiger partial charge on any atom is -0.460 e. The van der Waals surface area contributed by atoms with Crippen molar-refractivity contribution in [3.63, 3.8) is 0 Å². The number of rotatable bonds is 7. The summed E-state index contributed by atoms with van der Waals surface area (Å²) in [7, 11) is 4.52. The van der Waals surface area contributed by atoms with Gasteiger partial charge in [0.2, 0.25) is 5.79 Å². The summed E-state index contributed by atoms with van der Waals surface area (Å²) >= 11 is 0. The van der Waals surface area contributed by atoms with E-state index in [0.717, 1.165) is 5.57 Å². The number of esters is 2. The second-order valence-corrected chi connectivity index (χ2v) is 20.2. The van der Waals surface area contributed by atoms with Crippen LogP contribution in [0, 0.1) is 35.5 Å². The number of allylic oxidation sites excluding steroid dienone is 6. The Hall–Kier alpha value is -3.86. The highest BCUT2D eigenvalue weighted by atomic mass is 16.6. The number of nitrogens with zero attached hydrogens (tertiary/aromatic N) is 1. The SMILES string of the molecule is CO[C@H]1C[C@@H]2CC[C@@H](C)[C@@](O)(O2)C(=O)C(=O)N2CCCC[C@H]2C(=O)O[C@H]([C@H](C)C[C@@H]2CC[C@@H](O)[C@H](OC)C2)CC(=O)[C@H](C)/C=C(\C)[C@@H](OC(C)=O)[C@@H](OC)C(=O)[C@H](C)C[C@H](C)/C=C/C=CC=C1C. The molecular formula is C53H81NO14. The summed E-state index contributed by atoms with van der Waals surface area (Å²) in [6, 6.07) is -1.16. The number of ether oxygens (including phenoxy) is 6. The van der Waals surface area contributed by atoms with Gasteiger partial charge in [0.25, 0.3) is 11.7 Å². The molecule has 15 heteroatoms. The summed E-state index contributed by atoms with van der Waals surface area (Å²) in [5, 5.41) is 22.5. The highest BCUT2D eigenvalue weighted by Crippen LogP contribution is 2.38. The van der Waals surface area contributed by atoms with E-state index < -0.39 is 89.8 Å². The molecule has 3 aliphatic heterocycles. The van der Waals surface area contributed by atoms with Crippen LogP contribution < -0.4 is 0 Å². The summed E-state index contributed by atoms with van der Waals surface area (Å²) in [6.45, 7) is 14.0. The van der Waals surface area contributed by atoms with Gasteiger partial charge in [-0.25, -0.2) is 4.79 Å². The van der Waals surface area contributed by atoms with Crippen LogP contribution in [0.4, 0.5) is 0 Å². The lowest BCUT2D eigenvalue weighted by molar-refractivity contribution is -0.265. The summed E-state index contributed by atoms with van der Waals surface area (Å²) in [5.74, 6) is -8.82. The lowest BCUT2D eigenvalue weighted by atomic mass is 9.78. The Labute approximate surface area is 404 Å². The topological polar surface area (TPSA) is 201 Å². The predicted molar refractivity (Wildman–Crippen MR) is 255 cm³/mol. The van der Waals surface area contributed by atoms with Crippen molar-refractivity contribution in [3.05, 3.63) is 47.6 Å². The van der Waals surface area contributed by atoms with Crippen LogP contribution >= 0.6 is 0 Å². The molecule has 0 aromatic heterocycles. The van der Waals surface area contributed by atoms with Gasteiger partial charge in [-0.15, -0.1) is 0 Å². The van der Waals surface area contributed by atoms with Crippen LogP contribution in [0.5, 0.6) is 0 Å². The van der Waals surface area contributed by atoms with Gasteiger partial charge in [0.05, 0.1) is 24.4 Å². The standard InChI is InChI=1S/C53H81NO14/c1-31-17-13-12-14-18-32(2)44(63-9)29-40-22-20-37(7)53(62,68-40)50(59)51(60)54-24-16-15-19-41(54)52(61)67-45(34(4)27-39-21-23-42(56)46(28-39)64-10)30-43(57)33(3)26-36(6)48(66-38(8)55)49(65-11)47(58)35(5)25-31/h12-14,17-18,26,31,33-35,37,39-42,44-46,48-49,56,62H,15-16,19-25,27-30H2,1-11H3/b14-12?,17-13+,32-18?,36-26+/t31-,33-,34-,35-,37-,39+,40+,41+,42-,44+,45+,46-,48-,49+,53-/m1/s1. The molecular weight excluding hydrogens is 875 g/mol. The highest BCUT2D eigenvalue weighted by Gasteiger charge is 2.53. The second kappa shape index (κ2) is 26.4. The Morgan fingerprint density at radius 3 is 2.25 bits per heavy atom. The predicted octanol–water partition coefficient (Wildman–Crippen LogP) is 6.75. The fraction of sp³-hybridized carbons (Fsp3) is 0.736. The number of carbonyl (C=O) groups excluding carboxylic acids is 6. The van der Waals surface area contributed by atoms with E-state index in [9.17, 15) is 39.0 Å². The van der Waals surface area contributed by atoms with Gasteiger partial charge in [-0.1, -0.05) is 71.1 Å². The quantitative estimate of drug-likeness (QED) is 0.154. The molecule has 1 saturated carbocycles. The Bertz CT molecular complexity index is 1870. The van der Waals surface area contributed by atoms with Crippen LogP contribution in [0.15, 0.2) is 47.6 Å². The third kappa shape index (κ3) is 15.1. The van der Waals surface area contributed by atoms with E-state index >= 15 is 0 Å². The molecule has 3 heterocycles. The van der Waals surface area contributed by atoms with E-state index in [2.05, 4.69) is 0 Å². The fourth-order valence-corrected chi connectivity index (χ4v) is 10.4. The molecule has 3 fully saturated rings. The molecule has 2 N–H and O–H groups in total. The summed E-state index contributed by atoms with van der Waals surface area (Å²) < 4.78 is 35.3. The van der Waals surface area contributed by atoms with E-state index in [1.807, 2.05) is 58.1 Å². The number of carbonyl (C=O) groups is 6. The number of Topliss-reactive ketones (excluding diaryl/α,β-unsaturated/α-hetero) is 3. The van der Waals surface area contributed by atoms with Crippen molar-refractivity contribution in [1.82, 2.24) is 4.90 Å². The summed E-state index contributed by atoms with van der Waals surface area (Å²) in [5.41, 5.74) is 1.31. The van der Waals surface area contributed by atoms with Crippen molar-refractivity contribution >= 4 is 35.2 Å². The summed E-state index contributed by atoms with van der Waals surface area (Å²) in [4.78, 5) is 85.0. The Morgan fingerprint density at radius 2 is 1.59 bits per heavy atom. The van der Waals surface area contributed by atoms with Gasteiger partial charge in [0, 0.05) is 65.4 Å². The molecule has 0 unspecified atom stereocenters. The first-order valence-corrected chi connectivity index (χ1v) is 24.8. The van der Waals surface area contributed by atoms with Gasteiger partial charge in [-0.3, -0.25) is 24.0 Å². The first-order valence-electron chi connectivity index (χ1n) is 24.8. The number of hydrogen-bond donors (Lipinski definition) is 2. The highest BCUT2D eigenvalue weighted by molar-refractivity contribution is 6.39. The zero-order chi connectivity index (χ0) is 50.5. The van der Waals surface area contributed by atoms with Crippen LogP contribution in [0.25, 0.3) is 0 Å². The van der Waals surface area contributed by atoms with Crippen molar-refractivity contribution in [3.8, 4) is 0 Å². The number of methoxy groups -OCH3 is 3. The monoisotopic (exact) mass is 956 g/mol. The van der Waals surface area contributed by atoms with Crippen LogP contribution in [-0.2, 0) is 57.2 Å². The molecule has 1 amide bonds. The molecule has 0 spiro atoms. The zero-order valence-electron chi connectivity index (χ0n) is 42.5. The van der Waals surface area contributed by atoms with E-state index in [0.29, 0.717) is 69.8 Å². The van der Waals surface area contributed by atoms with Crippen molar-refractivity contribution in [1.29, 1.82) is 0 Å². The number of fused-ring (bicyclic) bond motifs is 3. The third-order valence-electron chi connectivity index (χ3n) is 14.7. The van der Waals surface area contributed by atoms with Crippen LogP contribution in [0.1, 0.15) is 132 Å². The molecule has 4 rings (SSSR count). The second-order valence-electron chi connectivity index (χ2n) is 20.2. The lowest BCUT2D eigenvalue weighted by Gasteiger charge is -2.42. The third-order valence-corrected chi connectivity index (χ3v) is 14.7. The largest absolute Gasteiger partial charge is 0.460 e. The van der Waals surface area contributed by atoms with E-state index in [1.54, 1.807) is 41.1 Å². The number of piperidine rings is 1. The molecule has 1 aliphatic carbocycles. The maximum absolute atomic E-state index is 14.4. The summed E-state index contributed by atoms with van der Waals surface area (Å²) in [6.07, 6.45) is 11.1. The van der Waals surface area contributed by atoms with E-state index in [4.69, 9.17) is 28.4 Å². The Kier molecular flexibility index (Phi) is 22.0. The number of amides is 1. The molecule has 0 aromatic carbocycles. The van der Waals surface area contributed by atoms with Crippen LogP contribution in [0.2, 0.25) is 0 Å².